The van der Waals surface area contributed by atoms with Crippen LogP contribution in [0.3, 0.4) is 0 Å². The van der Waals surface area contributed by atoms with Crippen molar-refractivity contribution in [3.05, 3.63) is 17.7 Å². The Hall–Kier alpha value is -1.42. The second-order valence-corrected chi connectivity index (χ2v) is 3.25. The Balaban J connectivity index is 3.29. The van der Waals surface area contributed by atoms with Gasteiger partial charge in [-0.2, -0.15) is 0 Å². The predicted molar refractivity (Wildman–Crippen MR) is 58.7 cm³/mol. The van der Waals surface area contributed by atoms with Crippen LogP contribution in [-0.4, -0.2) is 21.3 Å². The molecule has 1 unspecified atom stereocenters. The predicted octanol–water partition coefficient (Wildman–Crippen LogP) is 1.73. The maximum atomic E-state index is 5.80. The molecule has 4 nitrogen and oxygen atoms in total. The zero-order chi connectivity index (χ0) is 11.4. The number of benzene rings is 1. The smallest absolute Gasteiger partial charge is 0.203 e. The first-order valence-electron chi connectivity index (χ1n) is 4.69. The molecule has 0 aliphatic rings. The number of hydrogen-bond donors (Lipinski definition) is 1. The molecule has 4 heteroatoms. The summed E-state index contributed by atoms with van der Waals surface area (Å²) in [5.74, 6) is 1.85. The van der Waals surface area contributed by atoms with Crippen molar-refractivity contribution in [2.75, 3.05) is 21.3 Å². The Morgan fingerprint density at radius 3 is 1.73 bits per heavy atom. The second kappa shape index (κ2) is 4.89. The molecule has 1 rings (SSSR count). The van der Waals surface area contributed by atoms with Crippen LogP contribution in [0, 0.1) is 0 Å². The maximum absolute atomic E-state index is 5.80. The van der Waals surface area contributed by atoms with Gasteiger partial charge in [-0.15, -0.1) is 0 Å². The van der Waals surface area contributed by atoms with Crippen LogP contribution >= 0.6 is 0 Å². The van der Waals surface area contributed by atoms with Crippen molar-refractivity contribution >= 4 is 0 Å². The number of ether oxygens (including phenoxy) is 3. The van der Waals surface area contributed by atoms with Crippen molar-refractivity contribution in [1.82, 2.24) is 0 Å². The molecule has 0 aromatic heterocycles. The average molecular weight is 211 g/mol. The summed E-state index contributed by atoms with van der Waals surface area (Å²) in [6.07, 6.45) is 0. The molecule has 0 saturated carbocycles. The van der Waals surface area contributed by atoms with Crippen molar-refractivity contribution in [3.8, 4) is 17.2 Å². The van der Waals surface area contributed by atoms with E-state index in [0.717, 1.165) is 5.56 Å². The average Bonchev–Trinajstić information content (AvgIpc) is 2.26. The summed E-state index contributed by atoms with van der Waals surface area (Å²) in [5, 5.41) is 0. The molecule has 0 spiro atoms. The molecule has 2 N–H and O–H groups in total. The molecule has 0 fully saturated rings. The quantitative estimate of drug-likeness (QED) is 0.824. The minimum absolute atomic E-state index is 0.0706. The van der Waals surface area contributed by atoms with E-state index in [9.17, 15) is 0 Å². The van der Waals surface area contributed by atoms with Gasteiger partial charge in [-0.25, -0.2) is 0 Å². The summed E-state index contributed by atoms with van der Waals surface area (Å²) in [4.78, 5) is 0. The summed E-state index contributed by atoms with van der Waals surface area (Å²) in [5.41, 5.74) is 6.75. The van der Waals surface area contributed by atoms with Gasteiger partial charge in [0.1, 0.15) is 0 Å². The van der Waals surface area contributed by atoms with Crippen molar-refractivity contribution in [1.29, 1.82) is 0 Å². The summed E-state index contributed by atoms with van der Waals surface area (Å²) < 4.78 is 15.6. The van der Waals surface area contributed by atoms with Crippen molar-refractivity contribution < 1.29 is 14.2 Å². The topological polar surface area (TPSA) is 53.7 Å². The van der Waals surface area contributed by atoms with E-state index in [4.69, 9.17) is 19.9 Å². The van der Waals surface area contributed by atoms with E-state index < -0.39 is 0 Å². The summed E-state index contributed by atoms with van der Waals surface area (Å²) in [6, 6.07) is 3.64. The normalized spacial score (nSPS) is 12.1. The molecule has 1 aromatic carbocycles. The van der Waals surface area contributed by atoms with Crippen molar-refractivity contribution in [3.63, 3.8) is 0 Å². The third kappa shape index (κ3) is 2.33. The second-order valence-electron chi connectivity index (χ2n) is 3.25. The molecule has 0 aliphatic carbocycles. The molecule has 0 bridgehead atoms. The lowest BCUT2D eigenvalue weighted by atomic mass is 10.1. The fourth-order valence-corrected chi connectivity index (χ4v) is 1.36. The highest BCUT2D eigenvalue weighted by molar-refractivity contribution is 5.54. The number of nitrogens with two attached hydrogens (primary N) is 1. The lowest BCUT2D eigenvalue weighted by molar-refractivity contribution is 0.323. The van der Waals surface area contributed by atoms with E-state index in [0.29, 0.717) is 17.2 Å². The third-order valence-corrected chi connectivity index (χ3v) is 2.21. The lowest BCUT2D eigenvalue weighted by Gasteiger charge is -2.15. The highest BCUT2D eigenvalue weighted by Gasteiger charge is 2.14. The maximum Gasteiger partial charge on any atom is 0.203 e. The Labute approximate surface area is 89.9 Å². The van der Waals surface area contributed by atoms with E-state index in [1.54, 1.807) is 21.3 Å². The van der Waals surface area contributed by atoms with Gasteiger partial charge in [0.25, 0.3) is 0 Å². The summed E-state index contributed by atoms with van der Waals surface area (Å²) in [7, 11) is 4.75. The molecule has 0 aliphatic heterocycles. The Morgan fingerprint density at radius 1 is 1.00 bits per heavy atom. The standard InChI is InChI=1S/C11H17NO3/c1-7(12)8-5-9(13-2)11(15-4)10(6-8)14-3/h5-7H,12H2,1-4H3. The van der Waals surface area contributed by atoms with E-state index >= 15 is 0 Å². The molecule has 84 valence electrons. The first kappa shape index (κ1) is 11.7. The number of rotatable bonds is 4. The fraction of sp³-hybridized carbons (Fsp3) is 0.455. The van der Waals surface area contributed by atoms with E-state index in [2.05, 4.69) is 0 Å². The zero-order valence-corrected chi connectivity index (χ0v) is 9.53. The number of hydrogen-bond acceptors (Lipinski definition) is 4. The van der Waals surface area contributed by atoms with Gasteiger partial charge in [-0.3, -0.25) is 0 Å². The minimum atomic E-state index is -0.0706. The summed E-state index contributed by atoms with van der Waals surface area (Å²) in [6.45, 7) is 1.90. The largest absolute Gasteiger partial charge is 0.493 e. The van der Waals surface area contributed by atoms with Crippen LogP contribution in [0.25, 0.3) is 0 Å². The Bertz CT molecular complexity index is 312. The van der Waals surface area contributed by atoms with Crippen LogP contribution in [0.1, 0.15) is 18.5 Å². The molecule has 15 heavy (non-hydrogen) atoms. The van der Waals surface area contributed by atoms with Gasteiger partial charge in [0, 0.05) is 6.04 Å². The highest BCUT2D eigenvalue weighted by Crippen LogP contribution is 2.39. The van der Waals surface area contributed by atoms with Crippen LogP contribution in [0.15, 0.2) is 12.1 Å². The molecule has 0 radical (unpaired) electrons. The van der Waals surface area contributed by atoms with E-state index in [-0.39, 0.29) is 6.04 Å². The molecular weight excluding hydrogens is 194 g/mol. The van der Waals surface area contributed by atoms with Crippen molar-refractivity contribution in [2.24, 2.45) is 5.73 Å². The van der Waals surface area contributed by atoms with Gasteiger partial charge >= 0.3 is 0 Å². The van der Waals surface area contributed by atoms with Gasteiger partial charge in [-0.1, -0.05) is 0 Å². The molecule has 1 aromatic rings. The zero-order valence-electron chi connectivity index (χ0n) is 9.53. The highest BCUT2D eigenvalue weighted by atomic mass is 16.5. The minimum Gasteiger partial charge on any atom is -0.493 e. The van der Waals surface area contributed by atoms with E-state index in [1.165, 1.54) is 0 Å². The van der Waals surface area contributed by atoms with E-state index in [1.807, 2.05) is 19.1 Å². The molecular formula is C11H17NO3. The van der Waals surface area contributed by atoms with Crippen molar-refractivity contribution in [2.45, 2.75) is 13.0 Å². The Morgan fingerprint density at radius 2 is 1.47 bits per heavy atom. The SMILES string of the molecule is COc1cc(C(C)N)cc(OC)c1OC. The number of methoxy groups -OCH3 is 3. The monoisotopic (exact) mass is 211 g/mol. The van der Waals surface area contributed by atoms with Crippen LogP contribution in [0.5, 0.6) is 17.2 Å². The van der Waals surface area contributed by atoms with Gasteiger partial charge in [0.15, 0.2) is 11.5 Å². The first-order chi connectivity index (χ1) is 7.13. The lowest BCUT2D eigenvalue weighted by Crippen LogP contribution is -2.06. The molecule has 0 heterocycles. The van der Waals surface area contributed by atoms with Gasteiger partial charge < -0.3 is 19.9 Å². The molecule has 1 atom stereocenters. The third-order valence-electron chi connectivity index (χ3n) is 2.21. The molecule has 0 saturated heterocycles. The van der Waals surface area contributed by atoms with Crippen LogP contribution in [-0.2, 0) is 0 Å². The van der Waals surface area contributed by atoms with Gasteiger partial charge in [-0.05, 0) is 24.6 Å². The first-order valence-corrected chi connectivity index (χ1v) is 4.69. The summed E-state index contributed by atoms with van der Waals surface area (Å²) >= 11 is 0. The van der Waals surface area contributed by atoms with Crippen LogP contribution < -0.4 is 19.9 Å². The van der Waals surface area contributed by atoms with Gasteiger partial charge in [0.2, 0.25) is 5.75 Å². The van der Waals surface area contributed by atoms with Gasteiger partial charge in [0.05, 0.1) is 21.3 Å². The van der Waals surface area contributed by atoms with Crippen LogP contribution in [0.2, 0.25) is 0 Å². The molecule has 0 amide bonds. The Kier molecular flexibility index (Phi) is 3.80. The fourth-order valence-electron chi connectivity index (χ4n) is 1.36. The van der Waals surface area contributed by atoms with Crippen LogP contribution in [0.4, 0.5) is 0 Å².